The van der Waals surface area contributed by atoms with Crippen LogP contribution in [-0.2, 0) is 0 Å². The molecule has 0 unspecified atom stereocenters. The molecule has 0 bridgehead atoms. The molecule has 5 nitrogen and oxygen atoms in total. The van der Waals surface area contributed by atoms with Crippen molar-refractivity contribution < 1.29 is 5.11 Å². The summed E-state index contributed by atoms with van der Waals surface area (Å²) >= 11 is 0. The first-order valence-electron chi connectivity index (χ1n) is 7.44. The van der Waals surface area contributed by atoms with Crippen molar-refractivity contribution in [1.82, 2.24) is 9.97 Å². The molecule has 3 aromatic rings. The van der Waals surface area contributed by atoms with Gasteiger partial charge >= 0.3 is 0 Å². The van der Waals surface area contributed by atoms with E-state index in [1.165, 1.54) is 0 Å². The number of imidazole rings is 1. The largest absolute Gasteiger partial charge is 0.509 e. The standard InChI is InChI=1S/C18H16N4O/c1-11-7-8-13-14(9-11)21-18(20-13)16-15(23)10-22(17(16)19)12-5-3-2-4-6-12/h2-9,19,23H,10H2,1H3,(H,20,21). The molecule has 1 aliphatic heterocycles. The highest BCUT2D eigenvalue weighted by atomic mass is 16.3. The number of rotatable bonds is 2. The Morgan fingerprint density at radius 1 is 1.17 bits per heavy atom. The van der Waals surface area contributed by atoms with Crippen molar-refractivity contribution >= 4 is 28.1 Å². The molecule has 0 radical (unpaired) electrons. The fraction of sp³-hybridized carbons (Fsp3) is 0.111. The highest BCUT2D eigenvalue weighted by Crippen LogP contribution is 2.30. The number of H-pyrrole nitrogens is 1. The van der Waals surface area contributed by atoms with Crippen LogP contribution in [0.5, 0.6) is 0 Å². The van der Waals surface area contributed by atoms with E-state index < -0.39 is 0 Å². The Balaban J connectivity index is 1.75. The lowest BCUT2D eigenvalue weighted by Gasteiger charge is -2.18. The van der Waals surface area contributed by atoms with Gasteiger partial charge in [-0.05, 0) is 36.8 Å². The summed E-state index contributed by atoms with van der Waals surface area (Å²) in [4.78, 5) is 9.51. The summed E-state index contributed by atoms with van der Waals surface area (Å²) in [6.45, 7) is 2.31. The van der Waals surface area contributed by atoms with E-state index in [0.29, 0.717) is 11.4 Å². The van der Waals surface area contributed by atoms with Gasteiger partial charge in [0, 0.05) is 5.69 Å². The minimum absolute atomic E-state index is 0.162. The molecule has 0 aliphatic carbocycles. The maximum absolute atomic E-state index is 10.4. The van der Waals surface area contributed by atoms with Crippen LogP contribution in [0.1, 0.15) is 11.4 Å². The summed E-state index contributed by atoms with van der Waals surface area (Å²) in [5.41, 5.74) is 4.22. The van der Waals surface area contributed by atoms with Crippen molar-refractivity contribution in [3.8, 4) is 0 Å². The minimum atomic E-state index is 0.162. The van der Waals surface area contributed by atoms with Gasteiger partial charge in [-0.1, -0.05) is 24.3 Å². The first-order valence-corrected chi connectivity index (χ1v) is 7.44. The molecule has 1 aliphatic rings. The molecule has 0 atom stereocenters. The number of aliphatic hydroxyl groups excluding tert-OH is 1. The zero-order chi connectivity index (χ0) is 16.0. The molecular weight excluding hydrogens is 288 g/mol. The van der Waals surface area contributed by atoms with Gasteiger partial charge in [0.05, 0.1) is 23.2 Å². The molecular formula is C18H16N4O. The van der Waals surface area contributed by atoms with E-state index in [9.17, 15) is 5.11 Å². The number of aromatic nitrogens is 2. The first kappa shape index (κ1) is 13.6. The molecule has 1 aromatic heterocycles. The molecule has 0 saturated heterocycles. The number of nitrogens with one attached hydrogen (secondary N) is 2. The molecule has 23 heavy (non-hydrogen) atoms. The van der Waals surface area contributed by atoms with E-state index in [1.54, 1.807) is 4.90 Å². The number of aliphatic hydroxyl groups is 1. The van der Waals surface area contributed by atoms with Crippen LogP contribution in [0.15, 0.2) is 54.3 Å². The van der Waals surface area contributed by atoms with Crippen molar-refractivity contribution in [1.29, 1.82) is 5.41 Å². The third-order valence-electron chi connectivity index (χ3n) is 4.05. The molecule has 0 spiro atoms. The number of nitrogens with zero attached hydrogens (tertiary/aromatic N) is 2. The van der Waals surface area contributed by atoms with Crippen LogP contribution < -0.4 is 4.90 Å². The lowest BCUT2D eigenvalue weighted by molar-refractivity contribution is 0.411. The van der Waals surface area contributed by atoms with E-state index in [1.807, 2.05) is 55.5 Å². The maximum atomic E-state index is 10.4. The topological polar surface area (TPSA) is 76.0 Å². The van der Waals surface area contributed by atoms with Crippen molar-refractivity contribution in [2.75, 3.05) is 11.4 Å². The number of aryl methyl sites for hydroxylation is 1. The number of para-hydroxylation sites is 1. The smallest absolute Gasteiger partial charge is 0.145 e. The SMILES string of the molecule is Cc1ccc2nc(C3=C(O)CN(c4ccccc4)C3=N)[nH]c2c1. The van der Waals surface area contributed by atoms with Gasteiger partial charge in [-0.15, -0.1) is 0 Å². The van der Waals surface area contributed by atoms with Crippen LogP contribution in [0, 0.1) is 12.3 Å². The van der Waals surface area contributed by atoms with Gasteiger partial charge in [-0.2, -0.15) is 0 Å². The first-order chi connectivity index (χ1) is 11.1. The van der Waals surface area contributed by atoms with Crippen LogP contribution in [0.2, 0.25) is 0 Å². The number of aromatic amines is 1. The third kappa shape index (κ3) is 2.17. The number of amidine groups is 1. The van der Waals surface area contributed by atoms with Gasteiger partial charge in [0.15, 0.2) is 0 Å². The second kappa shape index (κ2) is 4.98. The average molecular weight is 304 g/mol. The molecule has 2 heterocycles. The third-order valence-corrected chi connectivity index (χ3v) is 4.05. The van der Waals surface area contributed by atoms with E-state index in [-0.39, 0.29) is 18.1 Å². The van der Waals surface area contributed by atoms with Crippen molar-refractivity contribution in [2.24, 2.45) is 0 Å². The highest BCUT2D eigenvalue weighted by molar-refractivity contribution is 6.30. The van der Waals surface area contributed by atoms with Crippen molar-refractivity contribution in [2.45, 2.75) is 6.92 Å². The molecule has 2 aromatic carbocycles. The molecule has 0 amide bonds. The summed E-state index contributed by atoms with van der Waals surface area (Å²) in [5, 5.41) is 18.8. The zero-order valence-corrected chi connectivity index (χ0v) is 12.7. The van der Waals surface area contributed by atoms with Crippen LogP contribution >= 0.6 is 0 Å². The molecule has 4 rings (SSSR count). The van der Waals surface area contributed by atoms with Crippen LogP contribution in [0.4, 0.5) is 5.69 Å². The van der Waals surface area contributed by atoms with E-state index in [0.717, 1.165) is 22.3 Å². The number of anilines is 1. The van der Waals surface area contributed by atoms with Crippen molar-refractivity contribution in [3.63, 3.8) is 0 Å². The Labute approximate surface area is 133 Å². The summed E-state index contributed by atoms with van der Waals surface area (Å²) in [7, 11) is 0. The fourth-order valence-electron chi connectivity index (χ4n) is 2.90. The number of benzene rings is 2. The molecule has 0 fully saturated rings. The summed E-state index contributed by atoms with van der Waals surface area (Å²) in [6, 6.07) is 15.6. The minimum Gasteiger partial charge on any atom is -0.509 e. The van der Waals surface area contributed by atoms with Crippen LogP contribution in [-0.4, -0.2) is 27.5 Å². The quantitative estimate of drug-likeness (QED) is 0.676. The Hall–Kier alpha value is -3.08. The lowest BCUT2D eigenvalue weighted by atomic mass is 10.2. The van der Waals surface area contributed by atoms with Gasteiger partial charge in [0.2, 0.25) is 0 Å². The number of hydrogen-bond donors (Lipinski definition) is 3. The average Bonchev–Trinajstić information content (AvgIpc) is 3.08. The normalized spacial score (nSPS) is 15.0. The molecule has 5 heteroatoms. The Bertz CT molecular complexity index is 940. The Morgan fingerprint density at radius 3 is 2.74 bits per heavy atom. The van der Waals surface area contributed by atoms with E-state index in [2.05, 4.69) is 9.97 Å². The van der Waals surface area contributed by atoms with Gasteiger partial charge in [-0.3, -0.25) is 5.41 Å². The predicted molar refractivity (Wildman–Crippen MR) is 91.9 cm³/mol. The Morgan fingerprint density at radius 2 is 1.96 bits per heavy atom. The van der Waals surface area contributed by atoms with Gasteiger partial charge in [0.25, 0.3) is 0 Å². The van der Waals surface area contributed by atoms with Gasteiger partial charge in [0.1, 0.15) is 17.4 Å². The molecule has 114 valence electrons. The second-order valence-electron chi connectivity index (χ2n) is 5.70. The van der Waals surface area contributed by atoms with E-state index >= 15 is 0 Å². The molecule has 3 N–H and O–H groups in total. The lowest BCUT2D eigenvalue weighted by Crippen LogP contribution is -2.26. The second-order valence-corrected chi connectivity index (χ2v) is 5.70. The zero-order valence-electron chi connectivity index (χ0n) is 12.7. The fourth-order valence-corrected chi connectivity index (χ4v) is 2.90. The monoisotopic (exact) mass is 304 g/mol. The van der Waals surface area contributed by atoms with E-state index in [4.69, 9.17) is 5.41 Å². The van der Waals surface area contributed by atoms with Crippen molar-refractivity contribution in [3.05, 3.63) is 65.7 Å². The molecule has 0 saturated carbocycles. The Kier molecular flexibility index (Phi) is 2.94. The number of fused-ring (bicyclic) bond motifs is 1. The maximum Gasteiger partial charge on any atom is 0.145 e. The van der Waals surface area contributed by atoms with Crippen LogP contribution in [0.25, 0.3) is 16.6 Å². The predicted octanol–water partition coefficient (Wildman–Crippen LogP) is 3.64. The highest BCUT2D eigenvalue weighted by Gasteiger charge is 2.31. The summed E-state index contributed by atoms with van der Waals surface area (Å²) in [5.74, 6) is 0.950. The number of hydrogen-bond acceptors (Lipinski definition) is 3. The summed E-state index contributed by atoms with van der Waals surface area (Å²) in [6.07, 6.45) is 0. The summed E-state index contributed by atoms with van der Waals surface area (Å²) < 4.78 is 0. The van der Waals surface area contributed by atoms with Gasteiger partial charge < -0.3 is 15.0 Å². The van der Waals surface area contributed by atoms with Gasteiger partial charge in [-0.25, -0.2) is 4.98 Å². The van der Waals surface area contributed by atoms with Crippen LogP contribution in [0.3, 0.4) is 0 Å².